The van der Waals surface area contributed by atoms with Crippen molar-refractivity contribution in [1.29, 1.82) is 0 Å². The van der Waals surface area contributed by atoms with Gasteiger partial charge in [0.2, 0.25) is 5.88 Å². The average molecular weight is 200 g/mol. The monoisotopic (exact) mass is 200 g/mol. The third-order valence-electron chi connectivity index (χ3n) is 2.49. The molecule has 0 saturated heterocycles. The summed E-state index contributed by atoms with van der Waals surface area (Å²) in [6, 6.07) is 2.93. The van der Waals surface area contributed by atoms with Crippen LogP contribution in [0.1, 0.15) is 12.0 Å². The third-order valence-corrected chi connectivity index (χ3v) is 2.49. The highest BCUT2D eigenvalue weighted by atomic mass is 19.3. The van der Waals surface area contributed by atoms with Crippen molar-refractivity contribution in [3.8, 4) is 5.88 Å². The van der Waals surface area contributed by atoms with Gasteiger partial charge < -0.3 is 10.5 Å². The SMILES string of the molecule is COc1cc(C2(N)CC2(F)F)ccn1. The Morgan fingerprint density at radius 3 is 2.71 bits per heavy atom. The molecule has 1 unspecified atom stereocenters. The van der Waals surface area contributed by atoms with Crippen LogP contribution in [0.5, 0.6) is 5.88 Å². The average Bonchev–Trinajstić information content (AvgIpc) is 2.68. The Bertz CT molecular complexity index is 370. The summed E-state index contributed by atoms with van der Waals surface area (Å²) in [5, 5.41) is 0. The van der Waals surface area contributed by atoms with E-state index in [1.165, 1.54) is 25.4 Å². The van der Waals surface area contributed by atoms with Gasteiger partial charge >= 0.3 is 0 Å². The fraction of sp³-hybridized carbons (Fsp3) is 0.444. The molecule has 0 aliphatic heterocycles. The van der Waals surface area contributed by atoms with Gasteiger partial charge in [-0.25, -0.2) is 13.8 Å². The zero-order chi connectivity index (χ0) is 10.4. The predicted molar refractivity (Wildman–Crippen MR) is 46.2 cm³/mol. The normalized spacial score (nSPS) is 28.6. The molecule has 0 radical (unpaired) electrons. The molecular formula is C9H10F2N2O. The molecule has 1 atom stereocenters. The molecule has 1 aromatic heterocycles. The number of hydrogen-bond donors (Lipinski definition) is 1. The zero-order valence-corrected chi connectivity index (χ0v) is 7.63. The van der Waals surface area contributed by atoms with Crippen molar-refractivity contribution in [3.63, 3.8) is 0 Å². The van der Waals surface area contributed by atoms with Crippen molar-refractivity contribution in [2.24, 2.45) is 5.73 Å². The molecule has 2 N–H and O–H groups in total. The van der Waals surface area contributed by atoms with Gasteiger partial charge in [-0.1, -0.05) is 0 Å². The molecule has 0 aromatic carbocycles. The molecule has 1 aliphatic carbocycles. The summed E-state index contributed by atoms with van der Waals surface area (Å²) < 4.78 is 30.7. The summed E-state index contributed by atoms with van der Waals surface area (Å²) in [5.41, 5.74) is 4.38. The first-order valence-corrected chi connectivity index (χ1v) is 4.17. The van der Waals surface area contributed by atoms with Crippen molar-refractivity contribution in [3.05, 3.63) is 23.9 Å². The number of halogens is 2. The summed E-state index contributed by atoms with van der Waals surface area (Å²) in [4.78, 5) is 3.82. The first kappa shape index (κ1) is 9.33. The van der Waals surface area contributed by atoms with Crippen LogP contribution in [-0.4, -0.2) is 18.0 Å². The molecule has 1 saturated carbocycles. The van der Waals surface area contributed by atoms with E-state index in [1.54, 1.807) is 0 Å². The van der Waals surface area contributed by atoms with E-state index in [9.17, 15) is 8.78 Å². The first-order valence-electron chi connectivity index (χ1n) is 4.17. The quantitative estimate of drug-likeness (QED) is 0.782. The van der Waals surface area contributed by atoms with Crippen LogP contribution in [-0.2, 0) is 5.54 Å². The molecule has 0 amide bonds. The number of hydrogen-bond acceptors (Lipinski definition) is 3. The van der Waals surface area contributed by atoms with Crippen LogP contribution in [0, 0.1) is 0 Å². The highest BCUT2D eigenvalue weighted by Crippen LogP contribution is 2.57. The number of ether oxygens (including phenoxy) is 1. The van der Waals surface area contributed by atoms with Gasteiger partial charge in [-0.05, 0) is 11.6 Å². The molecule has 0 spiro atoms. The maximum atomic E-state index is 12.9. The lowest BCUT2D eigenvalue weighted by atomic mass is 10.1. The van der Waals surface area contributed by atoms with Crippen molar-refractivity contribution in [2.45, 2.75) is 17.9 Å². The maximum absolute atomic E-state index is 12.9. The van der Waals surface area contributed by atoms with Crippen LogP contribution >= 0.6 is 0 Å². The number of aromatic nitrogens is 1. The van der Waals surface area contributed by atoms with E-state index in [4.69, 9.17) is 10.5 Å². The van der Waals surface area contributed by atoms with Crippen LogP contribution < -0.4 is 10.5 Å². The van der Waals surface area contributed by atoms with E-state index in [1.807, 2.05) is 0 Å². The second kappa shape index (κ2) is 2.63. The van der Waals surface area contributed by atoms with Gasteiger partial charge in [-0.3, -0.25) is 0 Å². The Morgan fingerprint density at radius 1 is 1.57 bits per heavy atom. The number of nitrogens with two attached hydrogens (primary N) is 1. The number of pyridine rings is 1. The highest BCUT2D eigenvalue weighted by molar-refractivity contribution is 5.37. The Hall–Kier alpha value is -1.23. The molecule has 1 aliphatic rings. The van der Waals surface area contributed by atoms with Crippen molar-refractivity contribution in [2.75, 3.05) is 7.11 Å². The minimum absolute atomic E-state index is 0.301. The highest BCUT2D eigenvalue weighted by Gasteiger charge is 2.70. The van der Waals surface area contributed by atoms with Gasteiger partial charge in [-0.15, -0.1) is 0 Å². The predicted octanol–water partition coefficient (Wildman–Crippen LogP) is 1.28. The first-order chi connectivity index (χ1) is 6.49. The minimum atomic E-state index is -2.81. The van der Waals surface area contributed by atoms with E-state index < -0.39 is 11.5 Å². The zero-order valence-electron chi connectivity index (χ0n) is 7.63. The molecule has 2 rings (SSSR count). The molecule has 0 bridgehead atoms. The van der Waals surface area contributed by atoms with Crippen molar-refractivity contribution in [1.82, 2.24) is 4.98 Å². The molecule has 5 heteroatoms. The van der Waals surface area contributed by atoms with Crippen molar-refractivity contribution >= 4 is 0 Å². The van der Waals surface area contributed by atoms with Crippen LogP contribution in [0.3, 0.4) is 0 Å². The number of nitrogens with zero attached hydrogens (tertiary/aromatic N) is 1. The van der Waals surface area contributed by atoms with Crippen LogP contribution in [0.25, 0.3) is 0 Å². The lowest BCUT2D eigenvalue weighted by molar-refractivity contribution is 0.0890. The molecule has 1 aromatic rings. The third kappa shape index (κ3) is 1.16. The number of rotatable bonds is 2. The largest absolute Gasteiger partial charge is 0.481 e. The van der Waals surface area contributed by atoms with E-state index in [2.05, 4.69) is 4.98 Å². The van der Waals surface area contributed by atoms with Gasteiger partial charge in [0.25, 0.3) is 5.92 Å². The molecule has 76 valence electrons. The fourth-order valence-electron chi connectivity index (χ4n) is 1.42. The van der Waals surface area contributed by atoms with Crippen LogP contribution in [0.15, 0.2) is 18.3 Å². The Labute approximate surface area is 79.9 Å². The van der Waals surface area contributed by atoms with Gasteiger partial charge in [0, 0.05) is 18.7 Å². The summed E-state index contributed by atoms with van der Waals surface area (Å²) in [5.74, 6) is -2.51. The minimum Gasteiger partial charge on any atom is -0.481 e. The lowest BCUT2D eigenvalue weighted by Gasteiger charge is -2.10. The Morgan fingerprint density at radius 2 is 2.21 bits per heavy atom. The lowest BCUT2D eigenvalue weighted by Crippen LogP contribution is -2.27. The Kier molecular flexibility index (Phi) is 1.75. The van der Waals surface area contributed by atoms with Crippen LogP contribution in [0.2, 0.25) is 0 Å². The van der Waals surface area contributed by atoms with E-state index in [-0.39, 0.29) is 6.42 Å². The summed E-state index contributed by atoms with van der Waals surface area (Å²) in [7, 11) is 1.43. The second-order valence-corrected chi connectivity index (χ2v) is 3.44. The number of alkyl halides is 2. The van der Waals surface area contributed by atoms with E-state index in [0.717, 1.165) is 0 Å². The molecule has 14 heavy (non-hydrogen) atoms. The smallest absolute Gasteiger partial charge is 0.272 e. The Balaban J connectivity index is 2.34. The summed E-state index contributed by atoms with van der Waals surface area (Å²) in [6.45, 7) is 0. The van der Waals surface area contributed by atoms with E-state index >= 15 is 0 Å². The topological polar surface area (TPSA) is 48.1 Å². The van der Waals surface area contributed by atoms with Gasteiger partial charge in [-0.2, -0.15) is 0 Å². The van der Waals surface area contributed by atoms with Gasteiger partial charge in [0.15, 0.2) is 0 Å². The summed E-state index contributed by atoms with van der Waals surface area (Å²) >= 11 is 0. The molecule has 1 heterocycles. The van der Waals surface area contributed by atoms with Gasteiger partial charge in [0.05, 0.1) is 7.11 Å². The number of methoxy groups -OCH3 is 1. The summed E-state index contributed by atoms with van der Waals surface area (Å²) in [6.07, 6.45) is 1.10. The second-order valence-electron chi connectivity index (χ2n) is 3.44. The maximum Gasteiger partial charge on any atom is 0.272 e. The molecule has 3 nitrogen and oxygen atoms in total. The molecule has 1 fully saturated rings. The van der Waals surface area contributed by atoms with Crippen molar-refractivity contribution < 1.29 is 13.5 Å². The van der Waals surface area contributed by atoms with Crippen LogP contribution in [0.4, 0.5) is 8.78 Å². The standard InChI is InChI=1S/C9H10F2N2O/c1-14-7-4-6(2-3-13-7)8(12)5-9(8,10)11/h2-4H,5,12H2,1H3. The van der Waals surface area contributed by atoms with Gasteiger partial charge in [0.1, 0.15) is 5.54 Å². The fourth-order valence-corrected chi connectivity index (χ4v) is 1.42. The molecular weight excluding hydrogens is 190 g/mol. The van der Waals surface area contributed by atoms with E-state index in [0.29, 0.717) is 11.4 Å².